The molecular formula is C14H18N4. The summed E-state index contributed by atoms with van der Waals surface area (Å²) in [5.74, 6) is 0. The average Bonchev–Trinajstić information content (AvgIpc) is 2.87. The van der Waals surface area contributed by atoms with E-state index in [4.69, 9.17) is 0 Å². The van der Waals surface area contributed by atoms with Crippen LogP contribution in [0.1, 0.15) is 30.9 Å². The van der Waals surface area contributed by atoms with Gasteiger partial charge in [0.15, 0.2) is 0 Å². The Bertz CT molecular complexity index is 509. The molecule has 3 rings (SSSR count). The molecule has 2 aromatic heterocycles. The van der Waals surface area contributed by atoms with Crippen molar-refractivity contribution in [2.24, 2.45) is 7.05 Å². The third kappa shape index (κ3) is 2.29. The molecule has 0 aromatic carbocycles. The molecule has 0 radical (unpaired) electrons. The lowest BCUT2D eigenvalue weighted by molar-refractivity contribution is 0.411. The van der Waals surface area contributed by atoms with Crippen LogP contribution in [0.2, 0.25) is 0 Å². The third-order valence-corrected chi connectivity index (χ3v) is 3.50. The van der Waals surface area contributed by atoms with Gasteiger partial charge in [0.05, 0.1) is 11.9 Å². The van der Waals surface area contributed by atoms with Crippen molar-refractivity contribution < 1.29 is 0 Å². The first-order chi connectivity index (χ1) is 8.83. The molecule has 0 saturated carbocycles. The molecule has 1 fully saturated rings. The number of piperidine rings is 1. The van der Waals surface area contributed by atoms with Gasteiger partial charge in [-0.1, -0.05) is 12.5 Å². The molecule has 0 bridgehead atoms. The van der Waals surface area contributed by atoms with Gasteiger partial charge in [-0.3, -0.25) is 9.67 Å². The minimum atomic E-state index is 0.481. The van der Waals surface area contributed by atoms with E-state index in [1.54, 1.807) is 4.68 Å². The van der Waals surface area contributed by atoms with Crippen molar-refractivity contribution >= 4 is 0 Å². The topological polar surface area (TPSA) is 42.7 Å². The predicted molar refractivity (Wildman–Crippen MR) is 71.0 cm³/mol. The van der Waals surface area contributed by atoms with Crippen molar-refractivity contribution in [2.75, 3.05) is 6.54 Å². The molecule has 18 heavy (non-hydrogen) atoms. The largest absolute Gasteiger partial charge is 0.310 e. The average molecular weight is 242 g/mol. The maximum absolute atomic E-state index is 4.54. The zero-order valence-electron chi connectivity index (χ0n) is 10.6. The summed E-state index contributed by atoms with van der Waals surface area (Å²) in [6.07, 6.45) is 9.64. The van der Waals surface area contributed by atoms with Crippen LogP contribution in [0.4, 0.5) is 0 Å². The quantitative estimate of drug-likeness (QED) is 0.878. The van der Waals surface area contributed by atoms with E-state index in [0.717, 1.165) is 17.8 Å². The second kappa shape index (κ2) is 4.90. The van der Waals surface area contributed by atoms with Gasteiger partial charge in [-0.05, 0) is 31.0 Å². The molecule has 1 saturated heterocycles. The number of hydrogen-bond acceptors (Lipinski definition) is 3. The highest BCUT2D eigenvalue weighted by Crippen LogP contribution is 2.24. The van der Waals surface area contributed by atoms with Crippen LogP contribution >= 0.6 is 0 Å². The third-order valence-electron chi connectivity index (χ3n) is 3.50. The minimum absolute atomic E-state index is 0.481. The molecule has 0 aliphatic carbocycles. The van der Waals surface area contributed by atoms with Gasteiger partial charge in [-0.2, -0.15) is 5.10 Å². The van der Waals surface area contributed by atoms with Gasteiger partial charge in [0.1, 0.15) is 0 Å². The van der Waals surface area contributed by atoms with Crippen molar-refractivity contribution in [3.05, 3.63) is 36.3 Å². The van der Waals surface area contributed by atoms with Gasteiger partial charge in [-0.15, -0.1) is 0 Å². The first kappa shape index (κ1) is 11.4. The number of aromatic nitrogens is 3. The molecule has 4 nitrogen and oxygen atoms in total. The number of pyridine rings is 1. The summed E-state index contributed by atoms with van der Waals surface area (Å²) in [6.45, 7) is 1.12. The number of aryl methyl sites for hydroxylation is 1. The van der Waals surface area contributed by atoms with Crippen LogP contribution < -0.4 is 5.32 Å². The van der Waals surface area contributed by atoms with Gasteiger partial charge in [0.2, 0.25) is 0 Å². The fourth-order valence-corrected chi connectivity index (χ4v) is 2.47. The van der Waals surface area contributed by atoms with Gasteiger partial charge in [0.25, 0.3) is 0 Å². The van der Waals surface area contributed by atoms with Crippen molar-refractivity contribution in [3.63, 3.8) is 0 Å². The molecule has 1 aliphatic heterocycles. The molecule has 0 unspecified atom stereocenters. The second-order valence-electron chi connectivity index (χ2n) is 4.88. The molecule has 1 N–H and O–H groups in total. The van der Waals surface area contributed by atoms with Crippen molar-refractivity contribution in [3.8, 4) is 11.3 Å². The van der Waals surface area contributed by atoms with Crippen LogP contribution in [-0.2, 0) is 7.05 Å². The van der Waals surface area contributed by atoms with E-state index in [1.165, 1.54) is 24.8 Å². The van der Waals surface area contributed by atoms with Gasteiger partial charge in [-0.25, -0.2) is 0 Å². The second-order valence-corrected chi connectivity index (χ2v) is 4.88. The maximum atomic E-state index is 4.54. The molecule has 4 heteroatoms. The monoisotopic (exact) mass is 242 g/mol. The van der Waals surface area contributed by atoms with E-state index in [-0.39, 0.29) is 0 Å². The Balaban J connectivity index is 1.80. The van der Waals surface area contributed by atoms with Gasteiger partial charge in [0, 0.05) is 31.0 Å². The Morgan fingerprint density at radius 1 is 1.28 bits per heavy atom. The molecular weight excluding hydrogens is 224 g/mol. The lowest BCUT2D eigenvalue weighted by atomic mass is 9.98. The van der Waals surface area contributed by atoms with E-state index in [0.29, 0.717) is 6.04 Å². The highest BCUT2D eigenvalue weighted by molar-refractivity contribution is 5.56. The van der Waals surface area contributed by atoms with E-state index >= 15 is 0 Å². The summed E-state index contributed by atoms with van der Waals surface area (Å²) < 4.78 is 1.80. The Labute approximate surface area is 107 Å². The molecule has 2 aromatic rings. The number of nitrogens with one attached hydrogen (secondary N) is 1. The lowest BCUT2D eigenvalue weighted by Gasteiger charge is -2.23. The maximum Gasteiger partial charge on any atom is 0.0733 e. The van der Waals surface area contributed by atoms with Gasteiger partial charge < -0.3 is 5.32 Å². The molecule has 1 atom stereocenters. The van der Waals surface area contributed by atoms with E-state index < -0.39 is 0 Å². The van der Waals surface area contributed by atoms with Crippen LogP contribution in [0.15, 0.2) is 30.7 Å². The Hall–Kier alpha value is -1.68. The first-order valence-corrected chi connectivity index (χ1v) is 6.51. The van der Waals surface area contributed by atoms with Crippen LogP contribution in [0, 0.1) is 0 Å². The molecule has 0 spiro atoms. The fraction of sp³-hybridized carbons (Fsp3) is 0.429. The zero-order valence-corrected chi connectivity index (χ0v) is 10.6. The first-order valence-electron chi connectivity index (χ1n) is 6.51. The standard InChI is InChI=1S/C14H18N4/c1-18-10-12(9-17-18)14-6-5-11(8-16-14)13-4-2-3-7-15-13/h5-6,8-10,13,15H,2-4,7H2,1H3/t13-/m0/s1. The smallest absolute Gasteiger partial charge is 0.0733 e. The summed E-state index contributed by atoms with van der Waals surface area (Å²) in [5.41, 5.74) is 3.35. The summed E-state index contributed by atoms with van der Waals surface area (Å²) >= 11 is 0. The summed E-state index contributed by atoms with van der Waals surface area (Å²) in [7, 11) is 1.92. The Kier molecular flexibility index (Phi) is 3.11. The Morgan fingerprint density at radius 2 is 2.22 bits per heavy atom. The van der Waals surface area contributed by atoms with E-state index in [2.05, 4.69) is 27.5 Å². The van der Waals surface area contributed by atoms with Gasteiger partial charge >= 0.3 is 0 Å². The highest BCUT2D eigenvalue weighted by Gasteiger charge is 2.14. The zero-order chi connectivity index (χ0) is 12.4. The minimum Gasteiger partial charge on any atom is -0.310 e. The molecule has 3 heterocycles. The predicted octanol–water partition coefficient (Wildman–Crippen LogP) is 2.30. The molecule has 1 aliphatic rings. The Morgan fingerprint density at radius 3 is 2.83 bits per heavy atom. The van der Waals surface area contributed by atoms with Crippen molar-refractivity contribution in [1.29, 1.82) is 0 Å². The molecule has 94 valence electrons. The highest BCUT2D eigenvalue weighted by atomic mass is 15.2. The van der Waals surface area contributed by atoms with E-state index in [1.807, 2.05) is 25.6 Å². The molecule has 0 amide bonds. The van der Waals surface area contributed by atoms with Crippen LogP contribution in [0.5, 0.6) is 0 Å². The van der Waals surface area contributed by atoms with Crippen molar-refractivity contribution in [1.82, 2.24) is 20.1 Å². The normalized spacial score (nSPS) is 19.9. The van der Waals surface area contributed by atoms with Crippen LogP contribution in [0.25, 0.3) is 11.3 Å². The summed E-state index contributed by atoms with van der Waals surface area (Å²) in [4.78, 5) is 4.54. The van der Waals surface area contributed by atoms with Crippen molar-refractivity contribution in [2.45, 2.75) is 25.3 Å². The lowest BCUT2D eigenvalue weighted by Crippen LogP contribution is -2.26. The number of rotatable bonds is 2. The summed E-state index contributed by atoms with van der Waals surface area (Å²) in [5, 5.41) is 7.71. The fourth-order valence-electron chi connectivity index (χ4n) is 2.47. The van der Waals surface area contributed by atoms with E-state index in [9.17, 15) is 0 Å². The van der Waals surface area contributed by atoms with Crippen LogP contribution in [0.3, 0.4) is 0 Å². The summed E-state index contributed by atoms with van der Waals surface area (Å²) in [6, 6.07) is 4.75. The number of hydrogen-bond donors (Lipinski definition) is 1. The SMILES string of the molecule is Cn1cc(-c2ccc([C@@H]3CCCCN3)cn2)cn1. The van der Waals surface area contributed by atoms with Crippen LogP contribution in [-0.4, -0.2) is 21.3 Å². The number of nitrogens with zero attached hydrogens (tertiary/aromatic N) is 3.